The number of thioether (sulfide) groups is 1. The van der Waals surface area contributed by atoms with E-state index in [0.717, 1.165) is 30.5 Å². The summed E-state index contributed by atoms with van der Waals surface area (Å²) in [6, 6.07) is 5.85. The molecular weight excluding hydrogens is 353 g/mol. The van der Waals surface area contributed by atoms with Crippen LogP contribution in [0.3, 0.4) is 0 Å². The minimum Gasteiger partial charge on any atom is -0.392 e. The number of rotatable bonds is 4. The second kappa shape index (κ2) is 7.24. The number of allylic oxidation sites excluding steroid dienone is 1. The van der Waals surface area contributed by atoms with E-state index in [-0.39, 0.29) is 17.3 Å². The minimum atomic E-state index is -0.298. The van der Waals surface area contributed by atoms with Crippen LogP contribution < -0.4 is 5.48 Å². The average Bonchev–Trinajstić information content (AvgIpc) is 2.83. The van der Waals surface area contributed by atoms with E-state index in [4.69, 9.17) is 28.0 Å². The van der Waals surface area contributed by atoms with Crippen molar-refractivity contribution in [2.45, 2.75) is 48.7 Å². The number of aliphatic hydroxyl groups is 1. The number of hydrogen-bond donors (Lipinski definition) is 2. The molecule has 0 aromatic heterocycles. The van der Waals surface area contributed by atoms with Gasteiger partial charge >= 0.3 is 0 Å². The Balaban J connectivity index is 2.06. The fourth-order valence-electron chi connectivity index (χ4n) is 3.65. The monoisotopic (exact) mass is 373 g/mol. The molecule has 0 saturated carbocycles. The van der Waals surface area contributed by atoms with Crippen molar-refractivity contribution >= 4 is 35.0 Å². The largest absolute Gasteiger partial charge is 0.392 e. The van der Waals surface area contributed by atoms with Crippen molar-refractivity contribution in [3.63, 3.8) is 0 Å². The summed E-state index contributed by atoms with van der Waals surface area (Å²) in [4.78, 5) is 5.17. The zero-order valence-corrected chi connectivity index (χ0v) is 15.5. The summed E-state index contributed by atoms with van der Waals surface area (Å²) < 4.78 is 0. The summed E-state index contributed by atoms with van der Waals surface area (Å²) >= 11 is 14.2. The van der Waals surface area contributed by atoms with E-state index in [2.05, 4.69) is 12.4 Å². The van der Waals surface area contributed by atoms with Crippen molar-refractivity contribution < 1.29 is 9.94 Å². The molecule has 6 heteroatoms. The third-order valence-corrected chi connectivity index (χ3v) is 7.02. The number of hydrogen-bond acceptors (Lipinski definition) is 4. The second-order valence-corrected chi connectivity index (χ2v) is 8.30. The molecule has 2 N–H and O–H groups in total. The molecule has 23 heavy (non-hydrogen) atoms. The summed E-state index contributed by atoms with van der Waals surface area (Å²) in [6.45, 7) is 2.10. The lowest BCUT2D eigenvalue weighted by molar-refractivity contribution is 0.113. The Morgan fingerprint density at radius 1 is 1.35 bits per heavy atom. The zero-order chi connectivity index (χ0) is 16.6. The van der Waals surface area contributed by atoms with Crippen molar-refractivity contribution in [1.82, 2.24) is 5.48 Å². The molecule has 0 amide bonds. The lowest BCUT2D eigenvalue weighted by atomic mass is 9.84. The molecule has 0 spiro atoms. The van der Waals surface area contributed by atoms with Crippen LogP contribution in [-0.2, 0) is 4.84 Å². The summed E-state index contributed by atoms with van der Waals surface area (Å²) in [6.07, 6.45) is 2.38. The van der Waals surface area contributed by atoms with Gasteiger partial charge in [-0.25, -0.2) is 0 Å². The average molecular weight is 374 g/mol. The molecule has 2 heterocycles. The molecular formula is C17H21Cl2NO2S. The summed E-state index contributed by atoms with van der Waals surface area (Å²) in [7, 11) is 1.62. The maximum Gasteiger partial charge on any atom is 0.0708 e. The van der Waals surface area contributed by atoms with E-state index in [1.54, 1.807) is 7.11 Å². The van der Waals surface area contributed by atoms with Crippen molar-refractivity contribution in [2.75, 3.05) is 7.11 Å². The molecule has 126 valence electrons. The van der Waals surface area contributed by atoms with Crippen LogP contribution in [0.2, 0.25) is 10.0 Å². The van der Waals surface area contributed by atoms with Crippen LogP contribution >= 0.6 is 35.0 Å². The molecule has 2 aliphatic rings. The first-order chi connectivity index (χ1) is 11.0. The lowest BCUT2D eigenvalue weighted by Crippen LogP contribution is -2.29. The third kappa shape index (κ3) is 3.38. The number of aliphatic hydroxyl groups excluding tert-OH is 1. The van der Waals surface area contributed by atoms with E-state index in [1.807, 2.05) is 30.0 Å². The molecule has 3 rings (SSSR count). The van der Waals surface area contributed by atoms with Gasteiger partial charge in [0.25, 0.3) is 0 Å². The maximum atomic E-state index is 10.5. The Morgan fingerprint density at radius 2 is 2.13 bits per heavy atom. The predicted octanol–water partition coefficient (Wildman–Crippen LogP) is 4.53. The highest BCUT2D eigenvalue weighted by atomic mass is 35.5. The number of fused-ring (bicyclic) bond motifs is 2. The molecule has 2 saturated heterocycles. The van der Waals surface area contributed by atoms with E-state index in [0.29, 0.717) is 15.3 Å². The highest BCUT2D eigenvalue weighted by Gasteiger charge is 2.45. The third-order valence-electron chi connectivity index (χ3n) is 4.65. The molecule has 0 aliphatic carbocycles. The van der Waals surface area contributed by atoms with Gasteiger partial charge in [-0.3, -0.25) is 10.3 Å². The van der Waals surface area contributed by atoms with Gasteiger partial charge in [0.2, 0.25) is 0 Å². The molecule has 1 aromatic carbocycles. The van der Waals surface area contributed by atoms with Crippen molar-refractivity contribution in [3.8, 4) is 0 Å². The van der Waals surface area contributed by atoms with Gasteiger partial charge in [-0.2, -0.15) is 0 Å². The van der Waals surface area contributed by atoms with Gasteiger partial charge in [-0.15, -0.1) is 11.8 Å². The quantitative estimate of drug-likeness (QED) is 0.760. The Labute approximate surface area is 151 Å². The first-order valence-electron chi connectivity index (χ1n) is 7.85. The molecule has 2 aliphatic heterocycles. The fourth-order valence-corrected chi connectivity index (χ4v) is 5.73. The van der Waals surface area contributed by atoms with Gasteiger partial charge in [0, 0.05) is 16.9 Å². The highest BCUT2D eigenvalue weighted by Crippen LogP contribution is 2.53. The van der Waals surface area contributed by atoms with Gasteiger partial charge in [-0.1, -0.05) is 36.2 Å². The van der Waals surface area contributed by atoms with Crippen molar-refractivity contribution in [2.24, 2.45) is 0 Å². The molecule has 1 aromatic rings. The Hall–Kier alpha value is -0.390. The normalized spacial score (nSPS) is 32.0. The van der Waals surface area contributed by atoms with Crippen molar-refractivity contribution in [1.29, 1.82) is 0 Å². The Kier molecular flexibility index (Phi) is 5.49. The van der Waals surface area contributed by atoms with Crippen LogP contribution in [0.1, 0.15) is 37.7 Å². The topological polar surface area (TPSA) is 41.5 Å². The van der Waals surface area contributed by atoms with Crippen molar-refractivity contribution in [3.05, 3.63) is 45.1 Å². The number of hydroxylamine groups is 1. The molecule has 3 nitrogen and oxygen atoms in total. The van der Waals surface area contributed by atoms with Crippen LogP contribution in [0.15, 0.2) is 29.5 Å². The van der Waals surface area contributed by atoms with Crippen LogP contribution in [-0.4, -0.2) is 28.8 Å². The fraction of sp³-hybridized carbons (Fsp3) is 0.529. The Morgan fingerprint density at radius 3 is 2.78 bits per heavy atom. The van der Waals surface area contributed by atoms with Gasteiger partial charge < -0.3 is 5.11 Å². The van der Waals surface area contributed by atoms with E-state index < -0.39 is 0 Å². The van der Waals surface area contributed by atoms with E-state index >= 15 is 0 Å². The number of benzene rings is 1. The minimum absolute atomic E-state index is 0.116. The standard InChI is InChI=1S/C17H21Cl2NO2S/c1-3-14(20-22-2)16-11(7-10-8-15(21)17(16)23-10)9-4-5-12(18)13(19)6-9/h4-6,10-11,15,17,20-21H,3,7-8H2,1-2H3/t10?,11-,15?,17+/m1/s1. The molecule has 2 unspecified atom stereocenters. The zero-order valence-electron chi connectivity index (χ0n) is 13.2. The SMILES string of the molecule is CCC(NOC)=C1[C@H]2SC(CC2O)C[C@@H]1c1ccc(Cl)c(Cl)c1. The lowest BCUT2D eigenvalue weighted by Gasteiger charge is -2.34. The number of halogens is 2. The molecule has 0 radical (unpaired) electrons. The van der Waals surface area contributed by atoms with Crippen LogP contribution in [0.5, 0.6) is 0 Å². The van der Waals surface area contributed by atoms with E-state index in [1.165, 1.54) is 5.57 Å². The maximum absolute atomic E-state index is 10.5. The Bertz CT molecular complexity index is 623. The van der Waals surface area contributed by atoms with Crippen LogP contribution in [0, 0.1) is 0 Å². The molecule has 2 bridgehead atoms. The first kappa shape index (κ1) is 17.4. The predicted molar refractivity (Wildman–Crippen MR) is 97.1 cm³/mol. The smallest absolute Gasteiger partial charge is 0.0708 e. The van der Waals surface area contributed by atoms with Gasteiger partial charge in [0.15, 0.2) is 0 Å². The number of nitrogens with one attached hydrogen (secondary N) is 1. The first-order valence-corrected chi connectivity index (χ1v) is 9.55. The van der Waals surface area contributed by atoms with Crippen LogP contribution in [0.4, 0.5) is 0 Å². The van der Waals surface area contributed by atoms with Gasteiger partial charge in [-0.05, 0) is 42.5 Å². The summed E-state index contributed by atoms with van der Waals surface area (Å²) in [5, 5.41) is 12.2. The van der Waals surface area contributed by atoms with Gasteiger partial charge in [0.1, 0.15) is 0 Å². The van der Waals surface area contributed by atoms with E-state index in [9.17, 15) is 5.11 Å². The van der Waals surface area contributed by atoms with Gasteiger partial charge in [0.05, 0.1) is 28.5 Å². The second-order valence-electron chi connectivity index (χ2n) is 6.04. The highest BCUT2D eigenvalue weighted by molar-refractivity contribution is 8.01. The molecule has 4 atom stereocenters. The summed E-state index contributed by atoms with van der Waals surface area (Å²) in [5.41, 5.74) is 6.47. The summed E-state index contributed by atoms with van der Waals surface area (Å²) in [5.74, 6) is 0.232. The molecule has 2 fully saturated rings. The van der Waals surface area contributed by atoms with Crippen LogP contribution in [0.25, 0.3) is 0 Å².